The van der Waals surface area contributed by atoms with Gasteiger partial charge in [0.25, 0.3) is 0 Å². The summed E-state index contributed by atoms with van der Waals surface area (Å²) in [6.07, 6.45) is 1.03. The number of rotatable bonds is 3. The van der Waals surface area contributed by atoms with E-state index in [0.717, 1.165) is 19.4 Å². The van der Waals surface area contributed by atoms with Gasteiger partial charge in [0.05, 0.1) is 6.54 Å². The van der Waals surface area contributed by atoms with Gasteiger partial charge < -0.3 is 20.1 Å². The van der Waals surface area contributed by atoms with Crippen molar-refractivity contribution in [3.05, 3.63) is 0 Å². The number of hydrogen-bond donors (Lipinski definition) is 2. The van der Waals surface area contributed by atoms with E-state index in [9.17, 15) is 9.59 Å². The molecule has 1 amide bonds. The zero-order valence-corrected chi connectivity index (χ0v) is 9.55. The molecule has 0 aliphatic carbocycles. The molecule has 6 nitrogen and oxygen atoms in total. The summed E-state index contributed by atoms with van der Waals surface area (Å²) in [6.45, 7) is 1.40. The van der Waals surface area contributed by atoms with Crippen LogP contribution in [0.2, 0.25) is 0 Å². The summed E-state index contributed by atoms with van der Waals surface area (Å²) in [5.41, 5.74) is 0. The largest absolute Gasteiger partial charge is 0.461 e. The molecule has 0 radical (unpaired) electrons. The molecule has 2 fully saturated rings. The van der Waals surface area contributed by atoms with E-state index < -0.39 is 6.09 Å². The van der Waals surface area contributed by atoms with E-state index in [0.29, 0.717) is 6.54 Å². The van der Waals surface area contributed by atoms with E-state index in [4.69, 9.17) is 9.47 Å². The molecule has 2 atom stereocenters. The Morgan fingerprint density at radius 2 is 2.38 bits per heavy atom. The minimum Gasteiger partial charge on any atom is -0.461 e. The molecule has 0 aromatic heterocycles. The minimum atomic E-state index is -0.449. The molecule has 0 aromatic rings. The molecule has 92 valence electrons. The van der Waals surface area contributed by atoms with Crippen LogP contribution >= 0.6 is 12.4 Å². The summed E-state index contributed by atoms with van der Waals surface area (Å²) in [6, 6.07) is -0.185. The van der Waals surface area contributed by atoms with E-state index in [2.05, 4.69) is 10.6 Å². The van der Waals surface area contributed by atoms with Gasteiger partial charge in [0, 0.05) is 0 Å². The first-order valence-electron chi connectivity index (χ1n) is 5.10. The number of halogens is 1. The number of nitrogens with one attached hydrogen (secondary N) is 2. The number of hydrogen-bond acceptors (Lipinski definition) is 5. The number of amides is 1. The lowest BCUT2D eigenvalue weighted by Gasteiger charge is -2.12. The first-order chi connectivity index (χ1) is 7.25. The summed E-state index contributed by atoms with van der Waals surface area (Å²) in [4.78, 5) is 22.1. The molecule has 2 rings (SSSR count). The van der Waals surface area contributed by atoms with Crippen LogP contribution in [0.4, 0.5) is 4.79 Å². The molecule has 0 unspecified atom stereocenters. The van der Waals surface area contributed by atoms with Crippen LogP contribution in [0, 0.1) is 0 Å². The number of alkyl carbamates (subject to hydrolysis) is 1. The molecule has 0 spiro atoms. The van der Waals surface area contributed by atoms with E-state index in [1.165, 1.54) is 0 Å². The van der Waals surface area contributed by atoms with Crippen molar-refractivity contribution in [3.63, 3.8) is 0 Å². The first-order valence-corrected chi connectivity index (χ1v) is 5.10. The van der Waals surface area contributed by atoms with Gasteiger partial charge in [0.15, 0.2) is 6.10 Å². The third-order valence-corrected chi connectivity index (χ3v) is 2.50. The van der Waals surface area contributed by atoms with Crippen molar-refractivity contribution in [2.45, 2.75) is 25.0 Å². The van der Waals surface area contributed by atoms with E-state index in [1.54, 1.807) is 0 Å². The standard InChI is InChI=1S/C9H14N2O4.ClH/c12-8(7-2-1-3-10-7)14-5-6-4-11-9(13)15-6;/h6-7,10H,1-5H2,(H,11,13);1H/t6-,7+;/m1./s1. The molecule has 0 bridgehead atoms. The van der Waals surface area contributed by atoms with E-state index in [1.807, 2.05) is 0 Å². The van der Waals surface area contributed by atoms with Crippen molar-refractivity contribution in [2.24, 2.45) is 0 Å². The second-order valence-corrected chi connectivity index (χ2v) is 3.69. The van der Waals surface area contributed by atoms with Gasteiger partial charge in [-0.25, -0.2) is 4.79 Å². The maximum absolute atomic E-state index is 11.4. The van der Waals surface area contributed by atoms with Crippen LogP contribution in [0.5, 0.6) is 0 Å². The van der Waals surface area contributed by atoms with Crippen LogP contribution in [0.3, 0.4) is 0 Å². The summed E-state index contributed by atoms with van der Waals surface area (Å²) < 4.78 is 9.87. The minimum absolute atomic E-state index is 0. The van der Waals surface area contributed by atoms with Gasteiger partial charge in [0.2, 0.25) is 0 Å². The van der Waals surface area contributed by atoms with E-state index >= 15 is 0 Å². The third kappa shape index (κ3) is 3.24. The Morgan fingerprint density at radius 3 is 2.94 bits per heavy atom. The molecule has 0 aromatic carbocycles. The molecule has 16 heavy (non-hydrogen) atoms. The molecule has 2 saturated heterocycles. The van der Waals surface area contributed by atoms with Crippen LogP contribution in [-0.2, 0) is 14.3 Å². The Labute approximate surface area is 99.5 Å². The quantitative estimate of drug-likeness (QED) is 0.679. The van der Waals surface area contributed by atoms with Gasteiger partial charge in [-0.2, -0.15) is 0 Å². The molecular formula is C9H15ClN2O4. The molecule has 2 aliphatic rings. The molecule has 2 aliphatic heterocycles. The highest BCUT2D eigenvalue weighted by Crippen LogP contribution is 2.08. The highest BCUT2D eigenvalue weighted by molar-refractivity contribution is 5.85. The van der Waals surface area contributed by atoms with E-state index in [-0.39, 0.29) is 37.1 Å². The average Bonchev–Trinajstić information content (AvgIpc) is 2.84. The Balaban J connectivity index is 0.00000128. The molecule has 2 N–H and O–H groups in total. The normalized spacial score (nSPS) is 27.9. The highest BCUT2D eigenvalue weighted by atomic mass is 35.5. The smallest absolute Gasteiger partial charge is 0.407 e. The SMILES string of the molecule is Cl.O=C1NC[C@H](COC(=O)[C@@H]2CCCN2)O1. The maximum Gasteiger partial charge on any atom is 0.407 e. The van der Waals surface area contributed by atoms with Crippen molar-refractivity contribution in [2.75, 3.05) is 19.7 Å². The monoisotopic (exact) mass is 250 g/mol. The number of cyclic esters (lactones) is 1. The lowest BCUT2D eigenvalue weighted by atomic mass is 10.2. The summed E-state index contributed by atoms with van der Waals surface area (Å²) in [5.74, 6) is -0.254. The second-order valence-electron chi connectivity index (χ2n) is 3.69. The predicted molar refractivity (Wildman–Crippen MR) is 57.5 cm³/mol. The predicted octanol–water partition coefficient (Wildman–Crippen LogP) is -0.188. The Hall–Kier alpha value is -1.01. The van der Waals surface area contributed by atoms with Crippen LogP contribution < -0.4 is 10.6 Å². The van der Waals surface area contributed by atoms with Crippen LogP contribution in [0.25, 0.3) is 0 Å². The van der Waals surface area contributed by atoms with Crippen molar-refractivity contribution in [1.29, 1.82) is 0 Å². The number of carbonyl (C=O) groups is 2. The second kappa shape index (κ2) is 5.91. The number of ether oxygens (including phenoxy) is 2. The van der Waals surface area contributed by atoms with Crippen LogP contribution in [0.1, 0.15) is 12.8 Å². The Bertz CT molecular complexity index is 268. The van der Waals surface area contributed by atoms with Crippen molar-refractivity contribution in [3.8, 4) is 0 Å². The Morgan fingerprint density at radius 1 is 1.56 bits per heavy atom. The van der Waals surface area contributed by atoms with Gasteiger partial charge in [-0.3, -0.25) is 4.79 Å². The number of esters is 1. The molecule has 0 saturated carbocycles. The van der Waals surface area contributed by atoms with Crippen molar-refractivity contribution >= 4 is 24.5 Å². The zero-order valence-electron chi connectivity index (χ0n) is 8.73. The van der Waals surface area contributed by atoms with Crippen molar-refractivity contribution in [1.82, 2.24) is 10.6 Å². The van der Waals surface area contributed by atoms with Gasteiger partial charge in [-0.05, 0) is 19.4 Å². The Kier molecular flexibility index (Phi) is 4.82. The summed E-state index contributed by atoms with van der Waals surface area (Å²) >= 11 is 0. The van der Waals surface area contributed by atoms with Crippen LogP contribution in [-0.4, -0.2) is 43.9 Å². The van der Waals surface area contributed by atoms with Gasteiger partial charge in [-0.15, -0.1) is 12.4 Å². The van der Waals surface area contributed by atoms with Gasteiger partial charge in [-0.1, -0.05) is 0 Å². The zero-order chi connectivity index (χ0) is 10.7. The van der Waals surface area contributed by atoms with Crippen LogP contribution in [0.15, 0.2) is 0 Å². The first kappa shape index (κ1) is 13.1. The molecule has 7 heteroatoms. The fourth-order valence-electron chi connectivity index (χ4n) is 1.69. The summed E-state index contributed by atoms with van der Waals surface area (Å²) in [5, 5.41) is 5.54. The highest BCUT2D eigenvalue weighted by Gasteiger charge is 2.27. The number of carbonyl (C=O) groups excluding carboxylic acids is 2. The lowest BCUT2D eigenvalue weighted by Crippen LogP contribution is -2.34. The third-order valence-electron chi connectivity index (χ3n) is 2.50. The molecule has 2 heterocycles. The summed E-state index contributed by atoms with van der Waals surface area (Å²) in [7, 11) is 0. The lowest BCUT2D eigenvalue weighted by molar-refractivity contribution is -0.148. The maximum atomic E-state index is 11.4. The molecular weight excluding hydrogens is 236 g/mol. The fraction of sp³-hybridized carbons (Fsp3) is 0.778. The van der Waals surface area contributed by atoms with Gasteiger partial charge in [0.1, 0.15) is 12.6 Å². The van der Waals surface area contributed by atoms with Crippen molar-refractivity contribution < 1.29 is 19.1 Å². The average molecular weight is 251 g/mol. The van der Waals surface area contributed by atoms with Gasteiger partial charge >= 0.3 is 12.1 Å². The fourth-order valence-corrected chi connectivity index (χ4v) is 1.69. The topological polar surface area (TPSA) is 76.7 Å².